The molecular formula is C18H16F3N5O2S. The minimum Gasteiger partial charge on any atom is -0.324 e. The molecule has 3 rings (SSSR count). The summed E-state index contributed by atoms with van der Waals surface area (Å²) < 4.78 is 39.5. The summed E-state index contributed by atoms with van der Waals surface area (Å²) >= 11 is 1.27. The summed E-state index contributed by atoms with van der Waals surface area (Å²) in [6, 6.07) is 4.35. The summed E-state index contributed by atoms with van der Waals surface area (Å²) in [5.41, 5.74) is 0.180. The fourth-order valence-electron chi connectivity index (χ4n) is 2.57. The molecule has 152 valence electrons. The van der Waals surface area contributed by atoms with Crippen molar-refractivity contribution in [3.8, 4) is 0 Å². The van der Waals surface area contributed by atoms with E-state index in [9.17, 15) is 22.8 Å². The fraction of sp³-hybridized carbons (Fsp3) is 0.222. The van der Waals surface area contributed by atoms with Crippen molar-refractivity contribution in [3.05, 3.63) is 57.8 Å². The van der Waals surface area contributed by atoms with Crippen molar-refractivity contribution in [2.75, 3.05) is 10.6 Å². The lowest BCUT2D eigenvalue weighted by atomic mass is 10.2. The maximum absolute atomic E-state index is 12.7. The lowest BCUT2D eigenvalue weighted by Gasteiger charge is -2.10. The molecule has 3 aromatic rings. The molecule has 2 aromatic heterocycles. The molecule has 0 fully saturated rings. The van der Waals surface area contributed by atoms with E-state index in [-0.39, 0.29) is 18.1 Å². The molecule has 0 saturated heterocycles. The van der Waals surface area contributed by atoms with E-state index in [1.165, 1.54) is 40.5 Å². The standard InChI is InChI=1S/C18H16F3N5O2S/c1-10-16(29-11(2)23-10)17(28)25-14-7-22-26(8-14)9-15(27)24-13-5-3-4-12(6-13)18(19,20)21/h3-8H,9H2,1-2H3,(H,24,27)(H,25,28). The van der Waals surface area contributed by atoms with E-state index in [4.69, 9.17) is 0 Å². The normalized spacial score (nSPS) is 11.3. The zero-order chi connectivity index (χ0) is 21.2. The number of rotatable bonds is 5. The first kappa shape index (κ1) is 20.5. The van der Waals surface area contributed by atoms with Gasteiger partial charge in [0.25, 0.3) is 5.91 Å². The molecule has 2 heterocycles. The van der Waals surface area contributed by atoms with Crippen LogP contribution in [0.2, 0.25) is 0 Å². The molecular weight excluding hydrogens is 407 g/mol. The van der Waals surface area contributed by atoms with Crippen molar-refractivity contribution in [2.45, 2.75) is 26.6 Å². The van der Waals surface area contributed by atoms with Gasteiger partial charge in [-0.2, -0.15) is 18.3 Å². The highest BCUT2D eigenvalue weighted by Gasteiger charge is 2.30. The number of alkyl halides is 3. The third-order valence-corrected chi connectivity index (χ3v) is 4.85. The predicted octanol–water partition coefficient (Wildman–Crippen LogP) is 3.87. The van der Waals surface area contributed by atoms with Gasteiger partial charge in [0.1, 0.15) is 11.4 Å². The molecule has 2 N–H and O–H groups in total. The maximum Gasteiger partial charge on any atom is 0.416 e. The van der Waals surface area contributed by atoms with E-state index in [0.29, 0.717) is 16.3 Å². The molecule has 0 spiro atoms. The largest absolute Gasteiger partial charge is 0.416 e. The van der Waals surface area contributed by atoms with Crippen LogP contribution in [0.4, 0.5) is 24.5 Å². The van der Waals surface area contributed by atoms with Gasteiger partial charge in [0, 0.05) is 11.9 Å². The molecule has 0 unspecified atom stereocenters. The third kappa shape index (κ3) is 5.19. The van der Waals surface area contributed by atoms with Crippen LogP contribution < -0.4 is 10.6 Å². The zero-order valence-electron chi connectivity index (χ0n) is 15.4. The number of halogens is 3. The molecule has 0 atom stereocenters. The molecule has 0 radical (unpaired) electrons. The first-order chi connectivity index (χ1) is 13.6. The number of aromatic nitrogens is 3. The number of carbonyl (C=O) groups excluding carboxylic acids is 2. The smallest absolute Gasteiger partial charge is 0.324 e. The van der Waals surface area contributed by atoms with E-state index in [1.807, 2.05) is 0 Å². The summed E-state index contributed by atoms with van der Waals surface area (Å²) in [7, 11) is 0. The molecule has 11 heteroatoms. The molecule has 29 heavy (non-hydrogen) atoms. The highest BCUT2D eigenvalue weighted by molar-refractivity contribution is 7.13. The number of benzene rings is 1. The summed E-state index contributed by atoms with van der Waals surface area (Å²) in [5, 5.41) is 9.82. The van der Waals surface area contributed by atoms with Gasteiger partial charge in [0.2, 0.25) is 5.91 Å². The van der Waals surface area contributed by atoms with Crippen LogP contribution in [0.1, 0.15) is 25.9 Å². The van der Waals surface area contributed by atoms with Gasteiger partial charge in [-0.25, -0.2) is 4.98 Å². The Bertz CT molecular complexity index is 1060. The van der Waals surface area contributed by atoms with Gasteiger partial charge in [-0.15, -0.1) is 11.3 Å². The number of nitrogens with one attached hydrogen (secondary N) is 2. The Kier molecular flexibility index (Phi) is 5.69. The number of aryl methyl sites for hydroxylation is 2. The van der Waals surface area contributed by atoms with Gasteiger partial charge < -0.3 is 10.6 Å². The second kappa shape index (κ2) is 8.03. The van der Waals surface area contributed by atoms with Crippen LogP contribution in [0.3, 0.4) is 0 Å². The Hall–Kier alpha value is -3.21. The predicted molar refractivity (Wildman–Crippen MR) is 102 cm³/mol. The molecule has 0 bridgehead atoms. The number of nitrogens with zero attached hydrogens (tertiary/aromatic N) is 3. The number of hydrogen-bond acceptors (Lipinski definition) is 5. The number of amides is 2. The molecule has 0 aliphatic heterocycles. The second-order valence-electron chi connectivity index (χ2n) is 6.15. The third-order valence-electron chi connectivity index (χ3n) is 3.78. The van der Waals surface area contributed by atoms with E-state index in [0.717, 1.165) is 17.1 Å². The number of thiazole rings is 1. The minimum atomic E-state index is -4.50. The topological polar surface area (TPSA) is 88.9 Å². The number of hydrogen-bond donors (Lipinski definition) is 2. The van der Waals surface area contributed by atoms with Crippen molar-refractivity contribution in [2.24, 2.45) is 0 Å². The van der Waals surface area contributed by atoms with Gasteiger partial charge in [-0.1, -0.05) is 6.07 Å². The highest BCUT2D eigenvalue weighted by Crippen LogP contribution is 2.30. The van der Waals surface area contributed by atoms with Crippen molar-refractivity contribution < 1.29 is 22.8 Å². The first-order valence-corrected chi connectivity index (χ1v) is 9.18. The second-order valence-corrected chi connectivity index (χ2v) is 7.36. The van der Waals surface area contributed by atoms with Crippen molar-refractivity contribution in [1.82, 2.24) is 14.8 Å². The summed E-state index contributed by atoms with van der Waals surface area (Å²) in [5.74, 6) is -0.889. The van der Waals surface area contributed by atoms with Crippen LogP contribution in [0.5, 0.6) is 0 Å². The Balaban J connectivity index is 1.60. The van der Waals surface area contributed by atoms with Crippen LogP contribution in [0.25, 0.3) is 0 Å². The van der Waals surface area contributed by atoms with Crippen molar-refractivity contribution in [3.63, 3.8) is 0 Å². The summed E-state index contributed by atoms with van der Waals surface area (Å²) in [6.07, 6.45) is -1.67. The average molecular weight is 423 g/mol. The van der Waals surface area contributed by atoms with Crippen molar-refractivity contribution in [1.29, 1.82) is 0 Å². The summed E-state index contributed by atoms with van der Waals surface area (Å²) in [4.78, 5) is 29.1. The maximum atomic E-state index is 12.7. The van der Waals surface area contributed by atoms with E-state index >= 15 is 0 Å². The van der Waals surface area contributed by atoms with Gasteiger partial charge >= 0.3 is 6.18 Å². The molecule has 0 saturated carbocycles. The van der Waals surface area contributed by atoms with E-state index in [2.05, 4.69) is 20.7 Å². The van der Waals surface area contributed by atoms with Crippen LogP contribution in [-0.4, -0.2) is 26.6 Å². The summed E-state index contributed by atoms with van der Waals surface area (Å²) in [6.45, 7) is 3.31. The SMILES string of the molecule is Cc1nc(C)c(C(=O)Nc2cnn(CC(=O)Nc3cccc(C(F)(F)F)c3)c2)s1. The van der Waals surface area contributed by atoms with E-state index in [1.54, 1.807) is 13.8 Å². The highest BCUT2D eigenvalue weighted by atomic mass is 32.1. The fourth-order valence-corrected chi connectivity index (χ4v) is 3.38. The molecule has 0 aliphatic carbocycles. The Morgan fingerprint density at radius 3 is 2.59 bits per heavy atom. The zero-order valence-corrected chi connectivity index (χ0v) is 16.2. The van der Waals surface area contributed by atoms with Crippen LogP contribution >= 0.6 is 11.3 Å². The minimum absolute atomic E-state index is 0.0292. The van der Waals surface area contributed by atoms with Gasteiger partial charge in [0.05, 0.1) is 28.1 Å². The number of carbonyl (C=O) groups is 2. The Labute approximate surface area is 167 Å². The van der Waals surface area contributed by atoms with Crippen LogP contribution in [-0.2, 0) is 17.5 Å². The molecule has 2 amide bonds. The monoisotopic (exact) mass is 423 g/mol. The molecule has 7 nitrogen and oxygen atoms in total. The van der Waals surface area contributed by atoms with Gasteiger partial charge in [-0.05, 0) is 32.0 Å². The lowest BCUT2D eigenvalue weighted by Crippen LogP contribution is -2.19. The lowest BCUT2D eigenvalue weighted by molar-refractivity contribution is -0.137. The van der Waals surface area contributed by atoms with Gasteiger partial charge in [0.15, 0.2) is 0 Å². The van der Waals surface area contributed by atoms with E-state index < -0.39 is 17.6 Å². The van der Waals surface area contributed by atoms with Crippen LogP contribution in [0, 0.1) is 13.8 Å². The number of anilines is 2. The Morgan fingerprint density at radius 1 is 1.17 bits per heavy atom. The van der Waals surface area contributed by atoms with Gasteiger partial charge in [-0.3, -0.25) is 14.3 Å². The van der Waals surface area contributed by atoms with Crippen molar-refractivity contribution >= 4 is 34.5 Å². The molecule has 1 aromatic carbocycles. The molecule has 0 aliphatic rings. The quantitative estimate of drug-likeness (QED) is 0.652. The first-order valence-electron chi connectivity index (χ1n) is 8.37. The Morgan fingerprint density at radius 2 is 1.93 bits per heavy atom. The average Bonchev–Trinajstić information content (AvgIpc) is 3.19. The van der Waals surface area contributed by atoms with Crippen LogP contribution in [0.15, 0.2) is 36.7 Å².